The van der Waals surface area contributed by atoms with Gasteiger partial charge in [-0.1, -0.05) is 23.8 Å². The molecule has 0 aliphatic carbocycles. The zero-order chi connectivity index (χ0) is 17.3. The summed E-state index contributed by atoms with van der Waals surface area (Å²) in [6.07, 6.45) is -0.954. The number of hydrogen-bond donors (Lipinski definition) is 1. The lowest BCUT2D eigenvalue weighted by Crippen LogP contribution is -2.27. The summed E-state index contributed by atoms with van der Waals surface area (Å²) in [6, 6.07) is 10.7. The lowest BCUT2D eigenvalue weighted by atomic mass is 10.1. The van der Waals surface area contributed by atoms with Crippen LogP contribution in [0.1, 0.15) is 29.3 Å². The number of carbonyl (C=O) groups is 2. The van der Waals surface area contributed by atoms with Crippen molar-refractivity contribution >= 4 is 11.9 Å². The molecule has 2 atom stereocenters. The number of rotatable bonds is 3. The van der Waals surface area contributed by atoms with Gasteiger partial charge in [0.1, 0.15) is 11.7 Å². The topological polar surface area (TPSA) is 85.5 Å². The van der Waals surface area contributed by atoms with Crippen molar-refractivity contribution in [3.8, 4) is 11.3 Å². The van der Waals surface area contributed by atoms with E-state index < -0.39 is 23.6 Å². The summed E-state index contributed by atoms with van der Waals surface area (Å²) in [5.74, 6) is -1.41. The van der Waals surface area contributed by atoms with Gasteiger partial charge < -0.3 is 14.5 Å². The van der Waals surface area contributed by atoms with Crippen molar-refractivity contribution < 1.29 is 19.1 Å². The van der Waals surface area contributed by atoms with Crippen LogP contribution in [0, 0.1) is 6.92 Å². The van der Waals surface area contributed by atoms with Crippen LogP contribution < -0.4 is 5.56 Å². The fourth-order valence-corrected chi connectivity index (χ4v) is 2.62. The molecule has 1 N–H and O–H groups in total. The number of aromatic amines is 1. The number of carbonyl (C=O) groups excluding carboxylic acids is 2. The van der Waals surface area contributed by atoms with Crippen LogP contribution in [0.5, 0.6) is 0 Å². The molecule has 0 spiro atoms. The van der Waals surface area contributed by atoms with Gasteiger partial charge in [0.2, 0.25) is 6.10 Å². The average molecular weight is 327 g/mol. The molecule has 6 nitrogen and oxygen atoms in total. The molecule has 1 aromatic heterocycles. The van der Waals surface area contributed by atoms with E-state index in [0.29, 0.717) is 12.1 Å². The summed E-state index contributed by atoms with van der Waals surface area (Å²) in [4.78, 5) is 38.5. The van der Waals surface area contributed by atoms with Crippen molar-refractivity contribution in [3.63, 3.8) is 0 Å². The third-order valence-corrected chi connectivity index (χ3v) is 3.83. The van der Waals surface area contributed by atoms with Crippen molar-refractivity contribution in [2.45, 2.75) is 32.5 Å². The summed E-state index contributed by atoms with van der Waals surface area (Å²) < 4.78 is 10.0. The molecule has 6 heteroatoms. The molecule has 0 amide bonds. The molecule has 1 aromatic carbocycles. The first-order chi connectivity index (χ1) is 11.4. The van der Waals surface area contributed by atoms with Gasteiger partial charge in [0.05, 0.1) is 0 Å². The van der Waals surface area contributed by atoms with Gasteiger partial charge in [0, 0.05) is 12.1 Å². The van der Waals surface area contributed by atoms with Crippen LogP contribution in [-0.2, 0) is 14.3 Å². The number of aromatic nitrogens is 1. The van der Waals surface area contributed by atoms with E-state index in [1.807, 2.05) is 31.2 Å². The van der Waals surface area contributed by atoms with Gasteiger partial charge in [-0.2, -0.15) is 0 Å². The predicted octanol–water partition coefficient (Wildman–Crippen LogP) is 2.21. The minimum atomic E-state index is -0.955. The first-order valence-electron chi connectivity index (χ1n) is 7.66. The van der Waals surface area contributed by atoms with E-state index in [9.17, 15) is 14.4 Å². The molecule has 2 aromatic rings. The summed E-state index contributed by atoms with van der Waals surface area (Å²) in [5, 5.41) is 0. The highest BCUT2D eigenvalue weighted by Gasteiger charge is 2.35. The van der Waals surface area contributed by atoms with E-state index in [1.165, 1.54) is 6.07 Å². The SMILES string of the molecule is Cc1cccc(-c2ccc(C(=O)OC3CC(C)OC3=O)c(=O)[nH]2)c1. The van der Waals surface area contributed by atoms with Crippen LogP contribution in [0.4, 0.5) is 0 Å². The molecule has 0 saturated carbocycles. The number of nitrogens with one attached hydrogen (secondary N) is 1. The summed E-state index contributed by atoms with van der Waals surface area (Å²) in [6.45, 7) is 3.67. The second kappa shape index (κ2) is 6.31. The Morgan fingerprint density at radius 2 is 2.04 bits per heavy atom. The van der Waals surface area contributed by atoms with Crippen molar-refractivity contribution in [3.05, 3.63) is 57.9 Å². The lowest BCUT2D eigenvalue weighted by molar-refractivity contribution is -0.147. The normalized spacial score (nSPS) is 19.8. The van der Waals surface area contributed by atoms with Crippen molar-refractivity contribution in [1.82, 2.24) is 4.98 Å². The van der Waals surface area contributed by atoms with Gasteiger partial charge in [-0.25, -0.2) is 9.59 Å². The monoisotopic (exact) mass is 327 g/mol. The third kappa shape index (κ3) is 3.22. The molecule has 2 heterocycles. The standard InChI is InChI=1S/C18H17NO5/c1-10-4-3-5-12(8-10)14-7-6-13(16(20)19-14)17(21)24-15-9-11(2)23-18(15)22/h3-8,11,15H,9H2,1-2H3,(H,19,20). The van der Waals surface area contributed by atoms with Crippen LogP contribution in [0.25, 0.3) is 11.3 Å². The number of esters is 2. The number of ether oxygens (including phenoxy) is 2. The molecule has 0 radical (unpaired) electrons. The second-order valence-electron chi connectivity index (χ2n) is 5.86. The highest BCUT2D eigenvalue weighted by Crippen LogP contribution is 2.19. The quantitative estimate of drug-likeness (QED) is 0.874. The van der Waals surface area contributed by atoms with Crippen LogP contribution in [0.3, 0.4) is 0 Å². The molecular weight excluding hydrogens is 310 g/mol. The highest BCUT2D eigenvalue weighted by molar-refractivity contribution is 5.91. The van der Waals surface area contributed by atoms with Gasteiger partial charge >= 0.3 is 11.9 Å². The smallest absolute Gasteiger partial charge is 0.347 e. The number of cyclic esters (lactones) is 1. The number of benzene rings is 1. The molecule has 124 valence electrons. The number of pyridine rings is 1. The largest absolute Gasteiger partial charge is 0.460 e. The molecule has 0 bridgehead atoms. The predicted molar refractivity (Wildman–Crippen MR) is 86.6 cm³/mol. The molecule has 1 aliphatic rings. The number of aryl methyl sites for hydroxylation is 1. The zero-order valence-electron chi connectivity index (χ0n) is 13.4. The maximum Gasteiger partial charge on any atom is 0.347 e. The maximum absolute atomic E-state index is 12.2. The Morgan fingerprint density at radius 1 is 1.25 bits per heavy atom. The zero-order valence-corrected chi connectivity index (χ0v) is 13.4. The molecule has 1 fully saturated rings. The molecular formula is C18H17NO5. The Morgan fingerprint density at radius 3 is 2.67 bits per heavy atom. The van der Waals surface area contributed by atoms with Gasteiger partial charge in [-0.3, -0.25) is 4.79 Å². The third-order valence-electron chi connectivity index (χ3n) is 3.83. The van der Waals surface area contributed by atoms with Gasteiger partial charge in [-0.05, 0) is 37.6 Å². The lowest BCUT2D eigenvalue weighted by Gasteiger charge is -2.08. The van der Waals surface area contributed by atoms with Gasteiger partial charge in [0.15, 0.2) is 0 Å². The minimum Gasteiger partial charge on any atom is -0.460 e. The Bertz CT molecular complexity index is 854. The van der Waals surface area contributed by atoms with Gasteiger partial charge in [0.25, 0.3) is 5.56 Å². The Hall–Kier alpha value is -2.89. The first-order valence-corrected chi connectivity index (χ1v) is 7.66. The summed E-state index contributed by atoms with van der Waals surface area (Å²) >= 11 is 0. The van der Waals surface area contributed by atoms with E-state index in [0.717, 1.165) is 11.1 Å². The van der Waals surface area contributed by atoms with E-state index in [4.69, 9.17) is 9.47 Å². The first kappa shape index (κ1) is 16.0. The van der Waals surface area contributed by atoms with Crippen molar-refractivity contribution in [2.75, 3.05) is 0 Å². The molecule has 24 heavy (non-hydrogen) atoms. The van der Waals surface area contributed by atoms with Crippen LogP contribution >= 0.6 is 0 Å². The maximum atomic E-state index is 12.2. The minimum absolute atomic E-state index is 0.140. The Labute approximate surface area is 138 Å². The molecule has 1 saturated heterocycles. The average Bonchev–Trinajstić information content (AvgIpc) is 2.84. The number of hydrogen-bond acceptors (Lipinski definition) is 5. The Kier molecular flexibility index (Phi) is 4.20. The van der Waals surface area contributed by atoms with Gasteiger partial charge in [-0.15, -0.1) is 0 Å². The van der Waals surface area contributed by atoms with Crippen molar-refractivity contribution in [1.29, 1.82) is 0 Å². The molecule has 3 rings (SSSR count). The van der Waals surface area contributed by atoms with Crippen LogP contribution in [-0.4, -0.2) is 29.1 Å². The van der Waals surface area contributed by atoms with Crippen molar-refractivity contribution in [2.24, 2.45) is 0 Å². The summed E-state index contributed by atoms with van der Waals surface area (Å²) in [5.41, 5.74) is 1.82. The van der Waals surface area contributed by atoms with E-state index in [-0.39, 0.29) is 11.7 Å². The van der Waals surface area contributed by atoms with E-state index >= 15 is 0 Å². The Balaban J connectivity index is 1.81. The van der Waals surface area contributed by atoms with Crippen LogP contribution in [0.2, 0.25) is 0 Å². The fraction of sp³-hybridized carbons (Fsp3) is 0.278. The molecule has 1 aliphatic heterocycles. The van der Waals surface area contributed by atoms with E-state index in [2.05, 4.69) is 4.98 Å². The van der Waals surface area contributed by atoms with E-state index in [1.54, 1.807) is 13.0 Å². The second-order valence-corrected chi connectivity index (χ2v) is 5.86. The summed E-state index contributed by atoms with van der Waals surface area (Å²) in [7, 11) is 0. The number of H-pyrrole nitrogens is 1. The highest BCUT2D eigenvalue weighted by atomic mass is 16.6. The molecule has 2 unspecified atom stereocenters. The van der Waals surface area contributed by atoms with Crippen LogP contribution in [0.15, 0.2) is 41.2 Å². The fourth-order valence-electron chi connectivity index (χ4n) is 2.62.